The first-order valence-electron chi connectivity index (χ1n) is 7.45. The van der Waals surface area contributed by atoms with Crippen LogP contribution < -0.4 is 10.0 Å². The molecule has 0 aliphatic heterocycles. The molecule has 26 heavy (non-hydrogen) atoms. The van der Waals surface area contributed by atoms with Crippen molar-refractivity contribution in [2.45, 2.75) is 4.90 Å². The Morgan fingerprint density at radius 1 is 1.08 bits per heavy atom. The molecule has 0 spiro atoms. The third kappa shape index (κ3) is 5.62. The van der Waals surface area contributed by atoms with Crippen LogP contribution in [0.1, 0.15) is 5.56 Å². The third-order valence-corrected chi connectivity index (χ3v) is 4.92. The first kappa shape index (κ1) is 20.0. The maximum Gasteiger partial charge on any atom is 0.244 e. The summed E-state index contributed by atoms with van der Waals surface area (Å²) in [6, 6.07) is 9.11. The summed E-state index contributed by atoms with van der Waals surface area (Å²) in [6.07, 6.45) is 1.98. The van der Waals surface area contributed by atoms with Crippen LogP contribution in [0.3, 0.4) is 0 Å². The Kier molecular flexibility index (Phi) is 6.84. The summed E-state index contributed by atoms with van der Waals surface area (Å²) in [6.45, 7) is -0.0782. The van der Waals surface area contributed by atoms with E-state index >= 15 is 0 Å². The van der Waals surface area contributed by atoms with E-state index in [9.17, 15) is 22.0 Å². The molecule has 2 aromatic carbocycles. The molecule has 0 bridgehead atoms. The Morgan fingerprint density at radius 3 is 2.38 bits per heavy atom. The van der Waals surface area contributed by atoms with Crippen LogP contribution in [-0.2, 0) is 14.8 Å². The van der Waals surface area contributed by atoms with Gasteiger partial charge in [-0.25, -0.2) is 21.9 Å². The molecule has 0 aromatic heterocycles. The molecular formula is C17H15ClF2N2O3S. The molecule has 9 heteroatoms. The smallest absolute Gasteiger partial charge is 0.244 e. The monoisotopic (exact) mass is 400 g/mol. The highest BCUT2D eigenvalue weighted by Gasteiger charge is 2.13. The maximum absolute atomic E-state index is 13.4. The number of rotatable bonds is 7. The number of carbonyl (C=O) groups excluding carboxylic acids is 1. The molecule has 138 valence electrons. The van der Waals surface area contributed by atoms with Gasteiger partial charge in [-0.1, -0.05) is 23.7 Å². The van der Waals surface area contributed by atoms with Gasteiger partial charge in [0.25, 0.3) is 0 Å². The average molecular weight is 401 g/mol. The largest absolute Gasteiger partial charge is 0.351 e. The zero-order valence-corrected chi connectivity index (χ0v) is 14.9. The molecule has 0 aliphatic carbocycles. The van der Waals surface area contributed by atoms with Crippen LogP contribution in [0.2, 0.25) is 5.02 Å². The molecule has 0 saturated heterocycles. The highest BCUT2D eigenvalue weighted by Crippen LogP contribution is 2.15. The first-order chi connectivity index (χ1) is 12.3. The molecule has 2 aromatic rings. The normalized spacial score (nSPS) is 11.7. The minimum absolute atomic E-state index is 0.00579. The van der Waals surface area contributed by atoms with E-state index in [0.717, 1.165) is 24.3 Å². The number of sulfonamides is 1. The van der Waals surface area contributed by atoms with E-state index < -0.39 is 27.6 Å². The molecule has 0 saturated carbocycles. The quantitative estimate of drug-likeness (QED) is 0.554. The topological polar surface area (TPSA) is 75.3 Å². The molecular weight excluding hydrogens is 386 g/mol. The summed E-state index contributed by atoms with van der Waals surface area (Å²) < 4.78 is 53.2. The van der Waals surface area contributed by atoms with Crippen molar-refractivity contribution in [3.8, 4) is 0 Å². The number of carbonyl (C=O) groups is 1. The van der Waals surface area contributed by atoms with Gasteiger partial charge in [-0.05, 0) is 36.4 Å². The Hall–Kier alpha value is -2.29. The predicted molar refractivity (Wildman–Crippen MR) is 95.0 cm³/mol. The molecule has 0 unspecified atom stereocenters. The van der Waals surface area contributed by atoms with Gasteiger partial charge in [0.15, 0.2) is 0 Å². The van der Waals surface area contributed by atoms with E-state index in [2.05, 4.69) is 10.0 Å². The minimum Gasteiger partial charge on any atom is -0.351 e. The molecule has 0 fully saturated rings. The second-order valence-electron chi connectivity index (χ2n) is 5.11. The molecule has 1 amide bonds. The Morgan fingerprint density at radius 2 is 1.73 bits per heavy atom. The number of benzene rings is 2. The fourth-order valence-corrected chi connectivity index (χ4v) is 3.31. The van der Waals surface area contributed by atoms with Crippen molar-refractivity contribution in [2.24, 2.45) is 0 Å². The summed E-state index contributed by atoms with van der Waals surface area (Å²) in [5.41, 5.74) is -0.329. The van der Waals surface area contributed by atoms with Gasteiger partial charge in [-0.3, -0.25) is 4.79 Å². The van der Waals surface area contributed by atoms with Crippen LogP contribution in [0, 0.1) is 11.6 Å². The van der Waals surface area contributed by atoms with Crippen LogP contribution >= 0.6 is 11.6 Å². The maximum atomic E-state index is 13.4. The first-order valence-corrected chi connectivity index (χ1v) is 9.31. The van der Waals surface area contributed by atoms with Gasteiger partial charge < -0.3 is 5.32 Å². The van der Waals surface area contributed by atoms with Crippen LogP contribution in [-0.4, -0.2) is 27.4 Å². The number of halogens is 3. The van der Waals surface area contributed by atoms with E-state index in [-0.39, 0.29) is 28.6 Å². The van der Waals surface area contributed by atoms with Crippen LogP contribution in [0.5, 0.6) is 0 Å². The van der Waals surface area contributed by atoms with Crippen LogP contribution in [0.25, 0.3) is 6.08 Å². The van der Waals surface area contributed by atoms with Gasteiger partial charge in [-0.2, -0.15) is 0 Å². The lowest BCUT2D eigenvalue weighted by molar-refractivity contribution is -0.116. The number of hydrogen-bond donors (Lipinski definition) is 2. The molecule has 0 radical (unpaired) electrons. The van der Waals surface area contributed by atoms with Crippen molar-refractivity contribution in [1.82, 2.24) is 10.0 Å². The molecule has 0 heterocycles. The fourth-order valence-electron chi connectivity index (χ4n) is 1.98. The lowest BCUT2D eigenvalue weighted by atomic mass is 10.2. The summed E-state index contributed by atoms with van der Waals surface area (Å²) in [5, 5.41) is 2.69. The van der Waals surface area contributed by atoms with Crippen molar-refractivity contribution < 1.29 is 22.0 Å². The van der Waals surface area contributed by atoms with Crippen molar-refractivity contribution in [2.75, 3.05) is 13.1 Å². The average Bonchev–Trinajstić information content (AvgIpc) is 2.58. The third-order valence-electron chi connectivity index (χ3n) is 3.22. The van der Waals surface area contributed by atoms with Gasteiger partial charge >= 0.3 is 0 Å². The second-order valence-corrected chi connectivity index (χ2v) is 7.32. The number of hydrogen-bond acceptors (Lipinski definition) is 3. The van der Waals surface area contributed by atoms with Gasteiger partial charge in [0.1, 0.15) is 11.6 Å². The van der Waals surface area contributed by atoms with Gasteiger partial charge in [-0.15, -0.1) is 0 Å². The Balaban J connectivity index is 1.84. The zero-order valence-electron chi connectivity index (χ0n) is 13.4. The molecule has 0 atom stereocenters. The van der Waals surface area contributed by atoms with E-state index in [4.69, 9.17) is 11.6 Å². The second kappa shape index (κ2) is 8.88. The van der Waals surface area contributed by atoms with E-state index in [0.29, 0.717) is 0 Å². The zero-order chi connectivity index (χ0) is 19.2. The molecule has 2 N–H and O–H groups in total. The number of nitrogens with one attached hydrogen (secondary N) is 2. The van der Waals surface area contributed by atoms with Crippen molar-refractivity contribution in [3.63, 3.8) is 0 Å². The van der Waals surface area contributed by atoms with Crippen molar-refractivity contribution in [3.05, 3.63) is 70.8 Å². The molecule has 0 aliphatic rings. The minimum atomic E-state index is -3.75. The summed E-state index contributed by atoms with van der Waals surface area (Å²) in [4.78, 5) is 11.6. The van der Waals surface area contributed by atoms with Gasteiger partial charge in [0.05, 0.1) is 4.90 Å². The predicted octanol–water partition coefficient (Wildman–Crippen LogP) is 2.73. The number of amides is 1. The summed E-state index contributed by atoms with van der Waals surface area (Å²) >= 11 is 5.75. The highest BCUT2D eigenvalue weighted by atomic mass is 35.5. The standard InChI is InChI=1S/C17H15ClF2N2O3S/c18-12-3-1-4-13(11-12)26(24,25)22-10-9-21-17(23)8-7-14-15(19)5-2-6-16(14)20/h1-8,11,22H,9-10H2,(H,21,23). The van der Waals surface area contributed by atoms with Gasteiger partial charge in [0.2, 0.25) is 15.9 Å². The van der Waals surface area contributed by atoms with Crippen molar-refractivity contribution in [1.29, 1.82) is 0 Å². The lowest BCUT2D eigenvalue weighted by Crippen LogP contribution is -2.34. The lowest BCUT2D eigenvalue weighted by Gasteiger charge is -2.07. The Labute approximate surface area is 154 Å². The molecule has 5 nitrogen and oxygen atoms in total. The van der Waals surface area contributed by atoms with Crippen LogP contribution in [0.4, 0.5) is 8.78 Å². The van der Waals surface area contributed by atoms with Gasteiger partial charge in [0, 0.05) is 29.8 Å². The SMILES string of the molecule is O=C(C=Cc1c(F)cccc1F)NCCNS(=O)(=O)c1cccc(Cl)c1. The summed E-state index contributed by atoms with van der Waals surface area (Å²) in [7, 11) is -3.75. The van der Waals surface area contributed by atoms with E-state index in [1.165, 1.54) is 24.3 Å². The van der Waals surface area contributed by atoms with E-state index in [1.807, 2.05) is 0 Å². The fraction of sp³-hybridized carbons (Fsp3) is 0.118. The summed E-state index contributed by atoms with van der Waals surface area (Å²) in [5.74, 6) is -2.19. The highest BCUT2D eigenvalue weighted by molar-refractivity contribution is 7.89. The molecule has 2 rings (SSSR count). The van der Waals surface area contributed by atoms with E-state index in [1.54, 1.807) is 6.07 Å². The van der Waals surface area contributed by atoms with Crippen LogP contribution in [0.15, 0.2) is 53.4 Å². The Bertz CT molecular complexity index is 913. The van der Waals surface area contributed by atoms with Crippen molar-refractivity contribution >= 4 is 33.6 Å².